The number of hydrogen-bond donors (Lipinski definition) is 2. The summed E-state index contributed by atoms with van der Waals surface area (Å²) in [6, 6.07) is 20.5. The van der Waals surface area contributed by atoms with Crippen LogP contribution in [0.25, 0.3) is 11.4 Å². The van der Waals surface area contributed by atoms with E-state index in [-0.39, 0.29) is 0 Å². The molecule has 2 N–H and O–H groups in total. The maximum absolute atomic E-state index is 4.67. The first-order chi connectivity index (χ1) is 11.6. The van der Waals surface area contributed by atoms with Gasteiger partial charge in [0, 0.05) is 23.4 Å². The van der Waals surface area contributed by atoms with Crippen LogP contribution in [0.15, 0.2) is 60.7 Å². The standard InChI is InChI=1S/C20H22N4/c1-14(2)21-18-13-19(22-17-11-7-8-15(3)12-17)24-20(23-18)16-9-5-4-6-10-16/h4-14H,1-3H3,(H2,21,22,23,24). The fraction of sp³-hybridized carbons (Fsp3) is 0.200. The summed E-state index contributed by atoms with van der Waals surface area (Å²) in [6.45, 7) is 6.27. The molecule has 0 spiro atoms. The monoisotopic (exact) mass is 318 g/mol. The highest BCUT2D eigenvalue weighted by Gasteiger charge is 2.08. The van der Waals surface area contributed by atoms with Crippen molar-refractivity contribution in [1.82, 2.24) is 9.97 Å². The highest BCUT2D eigenvalue weighted by molar-refractivity contribution is 5.65. The third kappa shape index (κ3) is 4.10. The normalized spacial score (nSPS) is 10.7. The fourth-order valence-corrected chi connectivity index (χ4v) is 2.47. The minimum absolute atomic E-state index is 0.301. The van der Waals surface area contributed by atoms with Crippen LogP contribution < -0.4 is 10.6 Å². The molecular formula is C20H22N4. The molecule has 0 aliphatic rings. The lowest BCUT2D eigenvalue weighted by atomic mass is 10.2. The Morgan fingerprint density at radius 2 is 1.58 bits per heavy atom. The molecule has 0 saturated carbocycles. The number of hydrogen-bond acceptors (Lipinski definition) is 4. The molecule has 122 valence electrons. The van der Waals surface area contributed by atoms with Gasteiger partial charge in [-0.15, -0.1) is 0 Å². The summed E-state index contributed by atoms with van der Waals surface area (Å²) in [5, 5.41) is 6.74. The van der Waals surface area contributed by atoms with E-state index in [9.17, 15) is 0 Å². The van der Waals surface area contributed by atoms with E-state index in [2.05, 4.69) is 53.5 Å². The summed E-state index contributed by atoms with van der Waals surface area (Å²) in [5.74, 6) is 2.29. The van der Waals surface area contributed by atoms with E-state index in [1.165, 1.54) is 5.56 Å². The minimum atomic E-state index is 0.301. The van der Waals surface area contributed by atoms with E-state index in [4.69, 9.17) is 0 Å². The molecule has 0 amide bonds. The quantitative estimate of drug-likeness (QED) is 0.694. The van der Waals surface area contributed by atoms with Crippen molar-refractivity contribution >= 4 is 17.3 Å². The van der Waals surface area contributed by atoms with Crippen LogP contribution in [-0.2, 0) is 0 Å². The number of aryl methyl sites for hydroxylation is 1. The number of anilines is 3. The Morgan fingerprint density at radius 1 is 0.833 bits per heavy atom. The van der Waals surface area contributed by atoms with E-state index < -0.39 is 0 Å². The van der Waals surface area contributed by atoms with Gasteiger partial charge in [-0.1, -0.05) is 42.5 Å². The molecule has 3 aromatic rings. The molecule has 1 aromatic heterocycles. The maximum Gasteiger partial charge on any atom is 0.163 e. The second-order valence-electron chi connectivity index (χ2n) is 6.12. The van der Waals surface area contributed by atoms with Gasteiger partial charge in [-0.2, -0.15) is 0 Å². The molecule has 0 unspecified atom stereocenters. The smallest absolute Gasteiger partial charge is 0.163 e. The highest BCUT2D eigenvalue weighted by atomic mass is 15.1. The maximum atomic E-state index is 4.67. The molecule has 0 saturated heterocycles. The predicted molar refractivity (Wildman–Crippen MR) is 101 cm³/mol. The number of aromatic nitrogens is 2. The Bertz CT molecular complexity index is 813. The Labute approximate surface area is 143 Å². The van der Waals surface area contributed by atoms with Gasteiger partial charge in [0.15, 0.2) is 5.82 Å². The molecule has 24 heavy (non-hydrogen) atoms. The van der Waals surface area contributed by atoms with E-state index in [0.29, 0.717) is 11.9 Å². The zero-order valence-electron chi connectivity index (χ0n) is 14.2. The first-order valence-corrected chi connectivity index (χ1v) is 8.15. The largest absolute Gasteiger partial charge is 0.368 e. The lowest BCUT2D eigenvalue weighted by Gasteiger charge is -2.13. The van der Waals surface area contributed by atoms with Gasteiger partial charge in [-0.05, 0) is 38.5 Å². The molecule has 2 aromatic carbocycles. The Morgan fingerprint density at radius 3 is 2.29 bits per heavy atom. The van der Waals surface area contributed by atoms with Crippen LogP contribution in [-0.4, -0.2) is 16.0 Å². The van der Waals surface area contributed by atoms with Crippen molar-refractivity contribution in [2.24, 2.45) is 0 Å². The number of nitrogens with zero attached hydrogens (tertiary/aromatic N) is 2. The Hall–Kier alpha value is -2.88. The molecule has 0 fully saturated rings. The third-order valence-corrected chi connectivity index (χ3v) is 3.49. The summed E-state index contributed by atoms with van der Waals surface area (Å²) in [6.07, 6.45) is 0. The molecule has 0 bridgehead atoms. The van der Waals surface area contributed by atoms with Gasteiger partial charge in [-0.3, -0.25) is 0 Å². The lowest BCUT2D eigenvalue weighted by molar-refractivity contribution is 0.887. The molecule has 4 heteroatoms. The van der Waals surface area contributed by atoms with Crippen LogP contribution in [0.4, 0.5) is 17.3 Å². The van der Waals surface area contributed by atoms with Crippen LogP contribution in [0.1, 0.15) is 19.4 Å². The van der Waals surface area contributed by atoms with Crippen molar-refractivity contribution < 1.29 is 0 Å². The molecule has 3 rings (SSSR count). The number of nitrogens with one attached hydrogen (secondary N) is 2. The molecule has 4 nitrogen and oxygen atoms in total. The zero-order chi connectivity index (χ0) is 16.9. The van der Waals surface area contributed by atoms with Crippen LogP contribution in [0, 0.1) is 6.92 Å². The average Bonchev–Trinajstić information content (AvgIpc) is 2.55. The average molecular weight is 318 g/mol. The Balaban J connectivity index is 1.98. The van der Waals surface area contributed by atoms with Gasteiger partial charge in [0.25, 0.3) is 0 Å². The number of rotatable bonds is 5. The van der Waals surface area contributed by atoms with Crippen LogP contribution in [0.3, 0.4) is 0 Å². The summed E-state index contributed by atoms with van der Waals surface area (Å²) in [4.78, 5) is 9.31. The molecule has 0 aliphatic carbocycles. The third-order valence-electron chi connectivity index (χ3n) is 3.49. The summed E-state index contributed by atoms with van der Waals surface area (Å²) in [7, 11) is 0. The minimum Gasteiger partial charge on any atom is -0.368 e. The van der Waals surface area contributed by atoms with E-state index >= 15 is 0 Å². The molecule has 0 atom stereocenters. The summed E-state index contributed by atoms with van der Waals surface area (Å²) >= 11 is 0. The molecule has 1 heterocycles. The van der Waals surface area contributed by atoms with Crippen molar-refractivity contribution in [3.05, 3.63) is 66.2 Å². The highest BCUT2D eigenvalue weighted by Crippen LogP contribution is 2.23. The van der Waals surface area contributed by atoms with Gasteiger partial charge < -0.3 is 10.6 Å². The first kappa shape index (κ1) is 16.0. The number of benzene rings is 2. The Kier molecular flexibility index (Phi) is 4.75. The van der Waals surface area contributed by atoms with Crippen LogP contribution in [0.5, 0.6) is 0 Å². The molecular weight excluding hydrogens is 296 g/mol. The predicted octanol–water partition coefficient (Wildman–Crippen LogP) is 5.02. The van der Waals surface area contributed by atoms with Crippen molar-refractivity contribution in [3.63, 3.8) is 0 Å². The second-order valence-corrected chi connectivity index (χ2v) is 6.12. The van der Waals surface area contributed by atoms with Gasteiger partial charge in [-0.25, -0.2) is 9.97 Å². The first-order valence-electron chi connectivity index (χ1n) is 8.15. The summed E-state index contributed by atoms with van der Waals surface area (Å²) < 4.78 is 0. The zero-order valence-corrected chi connectivity index (χ0v) is 14.2. The van der Waals surface area contributed by atoms with Gasteiger partial charge in [0.05, 0.1) is 0 Å². The topological polar surface area (TPSA) is 49.8 Å². The summed E-state index contributed by atoms with van der Waals surface area (Å²) in [5.41, 5.74) is 3.22. The van der Waals surface area contributed by atoms with Gasteiger partial charge in [0.2, 0.25) is 0 Å². The fourth-order valence-electron chi connectivity index (χ4n) is 2.47. The van der Waals surface area contributed by atoms with Crippen molar-refractivity contribution in [1.29, 1.82) is 0 Å². The van der Waals surface area contributed by atoms with Crippen molar-refractivity contribution in [2.45, 2.75) is 26.8 Å². The van der Waals surface area contributed by atoms with Gasteiger partial charge >= 0.3 is 0 Å². The van der Waals surface area contributed by atoms with Crippen LogP contribution in [0.2, 0.25) is 0 Å². The molecule has 0 radical (unpaired) electrons. The van der Waals surface area contributed by atoms with Gasteiger partial charge in [0.1, 0.15) is 11.6 Å². The van der Waals surface area contributed by atoms with Crippen LogP contribution >= 0.6 is 0 Å². The SMILES string of the molecule is Cc1cccc(Nc2cc(NC(C)C)nc(-c3ccccc3)n2)c1. The molecule has 0 aliphatic heterocycles. The van der Waals surface area contributed by atoms with E-state index in [1.807, 2.05) is 48.5 Å². The van der Waals surface area contributed by atoms with Crippen molar-refractivity contribution in [3.8, 4) is 11.4 Å². The lowest BCUT2D eigenvalue weighted by Crippen LogP contribution is -2.12. The van der Waals surface area contributed by atoms with E-state index in [0.717, 1.165) is 22.9 Å². The second kappa shape index (κ2) is 7.13. The van der Waals surface area contributed by atoms with Crippen molar-refractivity contribution in [2.75, 3.05) is 10.6 Å². The van der Waals surface area contributed by atoms with E-state index in [1.54, 1.807) is 0 Å².